The van der Waals surface area contributed by atoms with E-state index in [9.17, 15) is 8.42 Å². The van der Waals surface area contributed by atoms with Crippen molar-refractivity contribution < 1.29 is 8.42 Å². The molecule has 2 aliphatic rings. The summed E-state index contributed by atoms with van der Waals surface area (Å²) in [6.07, 6.45) is 1.53. The molecule has 2 aliphatic heterocycles. The average molecular weight is 264 g/mol. The second-order valence-corrected chi connectivity index (χ2v) is 8.29. The van der Waals surface area contributed by atoms with Crippen LogP contribution in [0.1, 0.15) is 19.8 Å². The van der Waals surface area contributed by atoms with Gasteiger partial charge in [0.2, 0.25) is 10.0 Å². The topological polar surface area (TPSA) is 49.4 Å². The Balaban J connectivity index is 2.05. The minimum Gasteiger partial charge on any atom is -0.317 e. The number of thioether (sulfide) groups is 1. The molecule has 4 nitrogen and oxygen atoms in total. The third-order valence-electron chi connectivity index (χ3n) is 3.27. The van der Waals surface area contributed by atoms with Crippen LogP contribution in [-0.4, -0.2) is 55.2 Å². The van der Waals surface area contributed by atoms with Gasteiger partial charge in [-0.3, -0.25) is 0 Å². The molecule has 1 unspecified atom stereocenters. The Morgan fingerprint density at radius 1 is 1.31 bits per heavy atom. The zero-order chi connectivity index (χ0) is 11.6. The van der Waals surface area contributed by atoms with E-state index in [-0.39, 0.29) is 5.25 Å². The lowest BCUT2D eigenvalue weighted by Gasteiger charge is -2.34. The molecule has 0 aliphatic carbocycles. The van der Waals surface area contributed by atoms with Gasteiger partial charge in [0.25, 0.3) is 0 Å². The molecule has 0 aromatic rings. The maximum atomic E-state index is 12.4. The molecule has 0 radical (unpaired) electrons. The van der Waals surface area contributed by atoms with Crippen LogP contribution >= 0.6 is 11.8 Å². The molecule has 1 atom stereocenters. The molecule has 2 rings (SSSR count). The number of piperidine rings is 1. The second kappa shape index (κ2) is 5.25. The number of nitrogens with zero attached hydrogens (tertiary/aromatic N) is 1. The first-order valence-electron chi connectivity index (χ1n) is 5.92. The molecule has 2 heterocycles. The highest BCUT2D eigenvalue weighted by Crippen LogP contribution is 2.24. The van der Waals surface area contributed by atoms with Crippen LogP contribution in [0.2, 0.25) is 0 Å². The van der Waals surface area contributed by atoms with Crippen LogP contribution < -0.4 is 5.32 Å². The fourth-order valence-electron chi connectivity index (χ4n) is 2.32. The van der Waals surface area contributed by atoms with Crippen molar-refractivity contribution in [3.05, 3.63) is 0 Å². The largest absolute Gasteiger partial charge is 0.317 e. The van der Waals surface area contributed by atoms with Gasteiger partial charge >= 0.3 is 0 Å². The number of rotatable bonds is 2. The van der Waals surface area contributed by atoms with Gasteiger partial charge in [-0.05, 0) is 25.9 Å². The number of nitrogens with one attached hydrogen (secondary N) is 1. The van der Waals surface area contributed by atoms with Gasteiger partial charge in [0, 0.05) is 24.1 Å². The van der Waals surface area contributed by atoms with E-state index < -0.39 is 10.0 Å². The SMILES string of the molecule is CC1CN(S(=O)(=O)C2CCNCC2)CCS1. The molecule has 0 aromatic carbocycles. The number of hydrogen-bond acceptors (Lipinski definition) is 4. The summed E-state index contributed by atoms with van der Waals surface area (Å²) in [5.41, 5.74) is 0. The van der Waals surface area contributed by atoms with Crippen LogP contribution in [0.25, 0.3) is 0 Å². The van der Waals surface area contributed by atoms with Crippen molar-refractivity contribution in [2.24, 2.45) is 0 Å². The minimum absolute atomic E-state index is 0.149. The molecule has 6 heteroatoms. The monoisotopic (exact) mass is 264 g/mol. The molecule has 0 aromatic heterocycles. The van der Waals surface area contributed by atoms with E-state index in [1.165, 1.54) is 0 Å². The number of hydrogen-bond donors (Lipinski definition) is 1. The molecule has 2 saturated heterocycles. The van der Waals surface area contributed by atoms with Gasteiger partial charge in [-0.1, -0.05) is 6.92 Å². The van der Waals surface area contributed by atoms with E-state index in [4.69, 9.17) is 0 Å². The molecule has 0 saturated carbocycles. The van der Waals surface area contributed by atoms with Crippen molar-refractivity contribution >= 4 is 21.8 Å². The van der Waals surface area contributed by atoms with Crippen LogP contribution in [0.15, 0.2) is 0 Å². The van der Waals surface area contributed by atoms with Gasteiger partial charge in [0.15, 0.2) is 0 Å². The molecule has 1 N–H and O–H groups in total. The van der Waals surface area contributed by atoms with Gasteiger partial charge in [0.1, 0.15) is 0 Å². The highest BCUT2D eigenvalue weighted by molar-refractivity contribution is 8.00. The van der Waals surface area contributed by atoms with Crippen molar-refractivity contribution in [2.45, 2.75) is 30.3 Å². The Hall–Kier alpha value is 0.220. The van der Waals surface area contributed by atoms with Crippen molar-refractivity contribution in [1.29, 1.82) is 0 Å². The minimum atomic E-state index is -3.04. The maximum Gasteiger partial charge on any atom is 0.217 e. The zero-order valence-corrected chi connectivity index (χ0v) is 11.3. The molecule has 0 bridgehead atoms. The van der Waals surface area contributed by atoms with Gasteiger partial charge in [-0.15, -0.1) is 0 Å². The summed E-state index contributed by atoms with van der Waals surface area (Å²) in [6.45, 7) is 5.16. The summed E-state index contributed by atoms with van der Waals surface area (Å²) in [5, 5.41) is 3.50. The molecule has 16 heavy (non-hydrogen) atoms. The lowest BCUT2D eigenvalue weighted by molar-refractivity contribution is 0.399. The quantitative estimate of drug-likeness (QED) is 0.789. The maximum absolute atomic E-state index is 12.4. The third kappa shape index (κ3) is 2.72. The highest BCUT2D eigenvalue weighted by Gasteiger charge is 2.34. The molecular formula is C10H20N2O2S2. The standard InChI is InChI=1S/C10H20N2O2S2/c1-9-8-12(6-7-15-9)16(13,14)10-2-4-11-5-3-10/h9-11H,2-8H2,1H3. The second-order valence-electron chi connectivity index (χ2n) is 4.53. The summed E-state index contributed by atoms with van der Waals surface area (Å²) in [5.74, 6) is 0.936. The van der Waals surface area contributed by atoms with Crippen LogP contribution in [-0.2, 0) is 10.0 Å². The van der Waals surface area contributed by atoms with E-state index in [2.05, 4.69) is 12.2 Å². The van der Waals surface area contributed by atoms with Gasteiger partial charge in [-0.25, -0.2) is 8.42 Å². The molecule has 2 fully saturated rings. The molecule has 94 valence electrons. The summed E-state index contributed by atoms with van der Waals surface area (Å²) in [4.78, 5) is 0. The smallest absolute Gasteiger partial charge is 0.217 e. The van der Waals surface area contributed by atoms with Crippen LogP contribution in [0, 0.1) is 0 Å². The van der Waals surface area contributed by atoms with E-state index in [0.29, 0.717) is 18.3 Å². The Kier molecular flexibility index (Phi) is 4.15. The predicted octanol–water partition coefficient (Wildman–Crippen LogP) is 0.505. The van der Waals surface area contributed by atoms with Crippen molar-refractivity contribution in [2.75, 3.05) is 31.9 Å². The first-order chi connectivity index (χ1) is 7.60. The van der Waals surface area contributed by atoms with Crippen molar-refractivity contribution in [3.63, 3.8) is 0 Å². The molecular weight excluding hydrogens is 244 g/mol. The van der Waals surface area contributed by atoms with Gasteiger partial charge < -0.3 is 5.32 Å². The Morgan fingerprint density at radius 3 is 2.62 bits per heavy atom. The predicted molar refractivity (Wildman–Crippen MR) is 68.3 cm³/mol. The van der Waals surface area contributed by atoms with Gasteiger partial charge in [0.05, 0.1) is 5.25 Å². The lowest BCUT2D eigenvalue weighted by Crippen LogP contribution is -2.48. The van der Waals surface area contributed by atoms with E-state index in [1.54, 1.807) is 4.31 Å². The average Bonchev–Trinajstić information content (AvgIpc) is 2.30. The summed E-state index contributed by atoms with van der Waals surface area (Å²) in [6, 6.07) is 0. The van der Waals surface area contributed by atoms with Crippen molar-refractivity contribution in [3.8, 4) is 0 Å². The van der Waals surface area contributed by atoms with E-state index in [1.807, 2.05) is 11.8 Å². The normalized spacial score (nSPS) is 30.4. The zero-order valence-electron chi connectivity index (χ0n) is 9.68. The van der Waals surface area contributed by atoms with Gasteiger partial charge in [-0.2, -0.15) is 16.1 Å². The third-order valence-corrected chi connectivity index (χ3v) is 6.77. The van der Waals surface area contributed by atoms with Crippen molar-refractivity contribution in [1.82, 2.24) is 9.62 Å². The summed E-state index contributed by atoms with van der Waals surface area (Å²) < 4.78 is 26.5. The van der Waals surface area contributed by atoms with E-state index >= 15 is 0 Å². The fourth-order valence-corrected chi connectivity index (χ4v) is 5.58. The van der Waals surface area contributed by atoms with Crippen LogP contribution in [0.5, 0.6) is 0 Å². The fraction of sp³-hybridized carbons (Fsp3) is 1.00. The Bertz CT molecular complexity index is 326. The molecule has 0 spiro atoms. The lowest BCUT2D eigenvalue weighted by atomic mass is 10.2. The summed E-state index contributed by atoms with van der Waals surface area (Å²) >= 11 is 1.87. The highest BCUT2D eigenvalue weighted by atomic mass is 32.2. The summed E-state index contributed by atoms with van der Waals surface area (Å²) in [7, 11) is -3.04. The number of sulfonamides is 1. The first-order valence-corrected chi connectivity index (χ1v) is 8.47. The molecule has 0 amide bonds. The first kappa shape index (κ1) is 12.7. The van der Waals surface area contributed by atoms with Crippen LogP contribution in [0.3, 0.4) is 0 Å². The van der Waals surface area contributed by atoms with E-state index in [0.717, 1.165) is 31.7 Å². The Labute approximate surface area is 102 Å². The Morgan fingerprint density at radius 2 is 2.00 bits per heavy atom. The van der Waals surface area contributed by atoms with Crippen LogP contribution in [0.4, 0.5) is 0 Å².